The number of H-pyrrole nitrogens is 1. The molecule has 4 nitrogen and oxygen atoms in total. The Bertz CT molecular complexity index is 667. The van der Waals surface area contributed by atoms with Crippen molar-refractivity contribution < 1.29 is 9.53 Å². The van der Waals surface area contributed by atoms with Gasteiger partial charge in [-0.15, -0.1) is 0 Å². The van der Waals surface area contributed by atoms with E-state index in [-0.39, 0.29) is 29.8 Å². The summed E-state index contributed by atoms with van der Waals surface area (Å²) in [5, 5.41) is 0.864. The fourth-order valence-corrected chi connectivity index (χ4v) is 3.41. The van der Waals surface area contributed by atoms with Crippen molar-refractivity contribution in [2.75, 3.05) is 0 Å². The van der Waals surface area contributed by atoms with E-state index in [1.807, 2.05) is 19.9 Å². The zero-order valence-electron chi connectivity index (χ0n) is 11.7. The molecule has 1 saturated heterocycles. The fourth-order valence-electron chi connectivity index (χ4n) is 3.08. The van der Waals surface area contributed by atoms with Crippen molar-refractivity contribution in [3.63, 3.8) is 0 Å². The number of aromatic nitrogens is 2. The molecule has 0 radical (unpaired) electrons. The Balaban J connectivity index is 2.03. The molecule has 4 atom stereocenters. The first-order chi connectivity index (χ1) is 9.49. The van der Waals surface area contributed by atoms with E-state index in [4.69, 9.17) is 4.74 Å². The third-order valence-corrected chi connectivity index (χ3v) is 4.74. The maximum absolute atomic E-state index is 12.9. The third-order valence-electron chi connectivity index (χ3n) is 4.31. The zero-order valence-corrected chi connectivity index (χ0v) is 13.3. The molecular formula is C15H17BrN2O2. The first kappa shape index (κ1) is 13.8. The molecule has 0 saturated carbocycles. The number of pyridine rings is 1. The second kappa shape index (κ2) is 4.97. The highest BCUT2D eigenvalue weighted by Crippen LogP contribution is 2.36. The number of carbonyl (C=O) groups is 1. The van der Waals surface area contributed by atoms with Gasteiger partial charge in [-0.2, -0.15) is 0 Å². The Morgan fingerprint density at radius 3 is 2.75 bits per heavy atom. The van der Waals surface area contributed by atoms with Gasteiger partial charge in [-0.05, 0) is 41.8 Å². The average molecular weight is 337 g/mol. The van der Waals surface area contributed by atoms with Crippen LogP contribution in [0.25, 0.3) is 11.0 Å². The van der Waals surface area contributed by atoms with Crippen molar-refractivity contribution in [3.8, 4) is 0 Å². The molecule has 2 aromatic rings. The summed E-state index contributed by atoms with van der Waals surface area (Å²) in [4.78, 5) is 20.2. The van der Waals surface area contributed by atoms with Crippen molar-refractivity contribution in [3.05, 3.63) is 28.5 Å². The Morgan fingerprint density at radius 1 is 1.35 bits per heavy atom. The van der Waals surface area contributed by atoms with Crippen LogP contribution in [0.2, 0.25) is 0 Å². The SMILES string of the molecule is CC1OC(C)C(C(=O)c2c[nH]c3ncc(Br)cc23)C1C. The molecule has 3 rings (SSSR count). The maximum Gasteiger partial charge on any atom is 0.171 e. The van der Waals surface area contributed by atoms with Crippen LogP contribution < -0.4 is 0 Å². The van der Waals surface area contributed by atoms with Gasteiger partial charge in [0.15, 0.2) is 5.78 Å². The van der Waals surface area contributed by atoms with Gasteiger partial charge in [0, 0.05) is 27.8 Å². The molecule has 1 fully saturated rings. The minimum absolute atomic E-state index is 0.0439. The second-order valence-corrected chi connectivity index (χ2v) is 6.46. The van der Waals surface area contributed by atoms with Crippen LogP contribution in [-0.4, -0.2) is 28.0 Å². The highest BCUT2D eigenvalue weighted by atomic mass is 79.9. The monoisotopic (exact) mass is 336 g/mol. The van der Waals surface area contributed by atoms with E-state index in [0.29, 0.717) is 5.56 Å². The number of hydrogen-bond donors (Lipinski definition) is 1. The third kappa shape index (κ3) is 2.09. The number of fused-ring (bicyclic) bond motifs is 1. The minimum Gasteiger partial charge on any atom is -0.374 e. The lowest BCUT2D eigenvalue weighted by molar-refractivity contribution is 0.0491. The zero-order chi connectivity index (χ0) is 14.4. The van der Waals surface area contributed by atoms with E-state index in [1.54, 1.807) is 12.4 Å². The van der Waals surface area contributed by atoms with E-state index in [9.17, 15) is 4.79 Å². The van der Waals surface area contributed by atoms with Gasteiger partial charge >= 0.3 is 0 Å². The van der Waals surface area contributed by atoms with Gasteiger partial charge in [-0.25, -0.2) is 4.98 Å². The van der Waals surface area contributed by atoms with Crippen molar-refractivity contribution in [1.29, 1.82) is 0 Å². The highest BCUT2D eigenvalue weighted by Gasteiger charge is 2.42. The van der Waals surface area contributed by atoms with Gasteiger partial charge < -0.3 is 9.72 Å². The molecule has 0 aromatic carbocycles. The van der Waals surface area contributed by atoms with Crippen LogP contribution in [0.4, 0.5) is 0 Å². The first-order valence-corrected chi connectivity index (χ1v) is 7.60. The summed E-state index contributed by atoms with van der Waals surface area (Å²) in [6, 6.07) is 1.93. The lowest BCUT2D eigenvalue weighted by atomic mass is 9.83. The van der Waals surface area contributed by atoms with E-state index in [2.05, 4.69) is 32.8 Å². The highest BCUT2D eigenvalue weighted by molar-refractivity contribution is 9.10. The molecule has 5 heteroatoms. The number of nitrogens with zero attached hydrogens (tertiary/aromatic N) is 1. The Morgan fingerprint density at radius 2 is 2.10 bits per heavy atom. The van der Waals surface area contributed by atoms with Gasteiger partial charge in [-0.3, -0.25) is 4.79 Å². The van der Waals surface area contributed by atoms with Crippen molar-refractivity contribution in [2.24, 2.45) is 11.8 Å². The van der Waals surface area contributed by atoms with Crippen molar-refractivity contribution >= 4 is 32.7 Å². The normalized spacial score (nSPS) is 30.0. The minimum atomic E-state index is -0.0945. The van der Waals surface area contributed by atoms with Gasteiger partial charge in [0.25, 0.3) is 0 Å². The predicted octanol–water partition coefficient (Wildman–Crippen LogP) is 3.57. The number of nitrogens with one attached hydrogen (secondary N) is 1. The lowest BCUT2D eigenvalue weighted by Gasteiger charge is -2.16. The second-order valence-electron chi connectivity index (χ2n) is 5.55. The Labute approximate surface area is 126 Å². The summed E-state index contributed by atoms with van der Waals surface area (Å²) < 4.78 is 6.66. The van der Waals surface area contributed by atoms with Crippen molar-refractivity contribution in [1.82, 2.24) is 9.97 Å². The quantitative estimate of drug-likeness (QED) is 0.853. The number of aromatic amines is 1. The first-order valence-electron chi connectivity index (χ1n) is 6.81. The Hall–Kier alpha value is -1.20. The number of carbonyl (C=O) groups excluding carboxylic acids is 1. The lowest BCUT2D eigenvalue weighted by Crippen LogP contribution is -2.26. The summed E-state index contributed by atoms with van der Waals surface area (Å²) in [6.45, 7) is 6.09. The van der Waals surface area contributed by atoms with Crippen LogP contribution in [0.5, 0.6) is 0 Å². The van der Waals surface area contributed by atoms with Crippen LogP contribution in [0.1, 0.15) is 31.1 Å². The topological polar surface area (TPSA) is 55.0 Å². The fraction of sp³-hybridized carbons (Fsp3) is 0.467. The largest absolute Gasteiger partial charge is 0.374 e. The summed E-state index contributed by atoms with van der Waals surface area (Å²) in [6.07, 6.45) is 3.56. The molecule has 1 N–H and O–H groups in total. The number of halogens is 1. The standard InChI is InChI=1S/C15H17BrN2O2/c1-7-8(2)20-9(3)13(7)14(19)12-6-18-15-11(12)4-10(16)5-17-15/h4-9,13H,1-3H3,(H,17,18). The molecule has 0 amide bonds. The van der Waals surface area contributed by atoms with Crippen molar-refractivity contribution in [2.45, 2.75) is 33.0 Å². The van der Waals surface area contributed by atoms with Crippen LogP contribution in [-0.2, 0) is 4.74 Å². The van der Waals surface area contributed by atoms with Crippen LogP contribution in [0.3, 0.4) is 0 Å². The molecule has 0 aliphatic carbocycles. The van der Waals surface area contributed by atoms with E-state index in [0.717, 1.165) is 15.5 Å². The molecule has 1 aliphatic rings. The van der Waals surface area contributed by atoms with Gasteiger partial charge in [0.1, 0.15) is 5.65 Å². The van der Waals surface area contributed by atoms with Gasteiger partial charge in [-0.1, -0.05) is 6.92 Å². The van der Waals surface area contributed by atoms with Crippen LogP contribution >= 0.6 is 15.9 Å². The predicted molar refractivity (Wildman–Crippen MR) is 80.8 cm³/mol. The van der Waals surface area contributed by atoms with E-state index < -0.39 is 0 Å². The van der Waals surface area contributed by atoms with Crippen LogP contribution in [0.15, 0.2) is 22.9 Å². The van der Waals surface area contributed by atoms with Crippen LogP contribution in [0, 0.1) is 11.8 Å². The summed E-state index contributed by atoms with van der Waals surface area (Å²) >= 11 is 3.40. The number of rotatable bonds is 2. The molecule has 3 heterocycles. The number of ether oxygens (including phenoxy) is 1. The number of Topliss-reactive ketones (excluding diaryl/α,β-unsaturated/α-hetero) is 1. The molecule has 1 aliphatic heterocycles. The summed E-state index contributed by atoms with van der Waals surface area (Å²) in [5.41, 5.74) is 1.44. The van der Waals surface area contributed by atoms with Gasteiger partial charge in [0.05, 0.1) is 18.1 Å². The molecule has 0 bridgehead atoms. The summed E-state index contributed by atoms with van der Waals surface area (Å²) in [7, 11) is 0. The molecule has 20 heavy (non-hydrogen) atoms. The van der Waals surface area contributed by atoms with E-state index >= 15 is 0 Å². The Kier molecular flexibility index (Phi) is 3.42. The molecule has 106 valence electrons. The number of ketones is 1. The smallest absolute Gasteiger partial charge is 0.171 e. The molecular weight excluding hydrogens is 320 g/mol. The number of hydrogen-bond acceptors (Lipinski definition) is 3. The molecule has 4 unspecified atom stereocenters. The molecule has 2 aromatic heterocycles. The maximum atomic E-state index is 12.9. The van der Waals surface area contributed by atoms with Gasteiger partial charge in [0.2, 0.25) is 0 Å². The molecule has 0 spiro atoms. The summed E-state index contributed by atoms with van der Waals surface area (Å²) in [5.74, 6) is 0.269. The van der Waals surface area contributed by atoms with E-state index in [1.165, 1.54) is 0 Å². The average Bonchev–Trinajstić information content (AvgIpc) is 2.91.